The lowest BCUT2D eigenvalue weighted by Gasteiger charge is -2.11. The van der Waals surface area contributed by atoms with Crippen LogP contribution in [0.2, 0.25) is 0 Å². The average Bonchev–Trinajstić information content (AvgIpc) is 2.83. The van der Waals surface area contributed by atoms with Crippen molar-refractivity contribution in [3.63, 3.8) is 0 Å². The molecule has 6 nitrogen and oxygen atoms in total. The number of benzene rings is 1. The molecular weight excluding hydrogens is 260 g/mol. The fraction of sp³-hybridized carbons (Fsp3) is 0.286. The molecule has 0 aliphatic carbocycles. The molecule has 1 aromatic heterocycles. The van der Waals surface area contributed by atoms with Crippen LogP contribution in [0, 0.1) is 0 Å². The first-order chi connectivity index (χ1) is 9.59. The number of carboxylic acids is 1. The van der Waals surface area contributed by atoms with E-state index >= 15 is 0 Å². The second-order valence-corrected chi connectivity index (χ2v) is 4.40. The van der Waals surface area contributed by atoms with E-state index in [-0.39, 0.29) is 18.1 Å². The minimum absolute atomic E-state index is 0.000513. The van der Waals surface area contributed by atoms with E-state index in [1.807, 2.05) is 18.2 Å². The average molecular weight is 276 g/mol. The van der Waals surface area contributed by atoms with Gasteiger partial charge in [0.1, 0.15) is 5.56 Å². The van der Waals surface area contributed by atoms with Crippen LogP contribution in [0.25, 0.3) is 5.69 Å². The first kappa shape index (κ1) is 14.1. The molecule has 0 bridgehead atoms. The third kappa shape index (κ3) is 3.16. The predicted molar refractivity (Wildman–Crippen MR) is 72.3 cm³/mol. The Kier molecular flexibility index (Phi) is 4.37. The van der Waals surface area contributed by atoms with Gasteiger partial charge in [-0.3, -0.25) is 0 Å². The number of carbonyl (C=O) groups is 1. The Morgan fingerprint density at radius 3 is 2.70 bits per heavy atom. The van der Waals surface area contributed by atoms with Gasteiger partial charge in [-0.25, -0.2) is 9.48 Å². The van der Waals surface area contributed by atoms with Crippen molar-refractivity contribution >= 4 is 5.97 Å². The van der Waals surface area contributed by atoms with Crippen molar-refractivity contribution in [2.75, 3.05) is 6.61 Å². The van der Waals surface area contributed by atoms with Gasteiger partial charge < -0.3 is 14.9 Å². The van der Waals surface area contributed by atoms with E-state index in [1.54, 1.807) is 19.1 Å². The van der Waals surface area contributed by atoms with Gasteiger partial charge >= 0.3 is 5.97 Å². The molecule has 0 fully saturated rings. The molecule has 2 N–H and O–H groups in total. The summed E-state index contributed by atoms with van der Waals surface area (Å²) in [5.41, 5.74) is 0.714. The van der Waals surface area contributed by atoms with E-state index in [9.17, 15) is 9.90 Å². The summed E-state index contributed by atoms with van der Waals surface area (Å²) in [7, 11) is 0. The molecule has 0 aliphatic rings. The second-order valence-electron chi connectivity index (χ2n) is 4.40. The number of aromatic nitrogens is 2. The number of rotatable bonds is 6. The number of hydrogen-bond donors (Lipinski definition) is 2. The third-order valence-electron chi connectivity index (χ3n) is 2.73. The summed E-state index contributed by atoms with van der Waals surface area (Å²) in [6.07, 6.45) is 1.17. The summed E-state index contributed by atoms with van der Waals surface area (Å²) in [6, 6.07) is 9.13. The van der Waals surface area contributed by atoms with Crippen LogP contribution in [0.1, 0.15) is 23.7 Å². The van der Waals surface area contributed by atoms with Crippen LogP contribution in [-0.2, 0) is 0 Å². The lowest BCUT2D eigenvalue weighted by Crippen LogP contribution is -2.11. The Morgan fingerprint density at radius 1 is 1.40 bits per heavy atom. The first-order valence-corrected chi connectivity index (χ1v) is 6.27. The van der Waals surface area contributed by atoms with Gasteiger partial charge in [0, 0.05) is 6.42 Å². The highest BCUT2D eigenvalue weighted by Gasteiger charge is 2.19. The van der Waals surface area contributed by atoms with E-state index in [0.29, 0.717) is 12.1 Å². The maximum absolute atomic E-state index is 11.2. The molecule has 1 aromatic carbocycles. The quantitative estimate of drug-likeness (QED) is 0.839. The van der Waals surface area contributed by atoms with Gasteiger partial charge in [-0.1, -0.05) is 18.2 Å². The Labute approximate surface area is 116 Å². The molecule has 0 saturated carbocycles. The van der Waals surface area contributed by atoms with E-state index in [1.165, 1.54) is 10.9 Å². The number of hydrogen-bond acceptors (Lipinski definition) is 4. The second kappa shape index (κ2) is 6.21. The van der Waals surface area contributed by atoms with Crippen molar-refractivity contribution < 1.29 is 19.7 Å². The number of aromatic carboxylic acids is 1. The molecule has 0 aliphatic heterocycles. The maximum Gasteiger partial charge on any atom is 0.342 e. The fourth-order valence-corrected chi connectivity index (χ4v) is 1.70. The highest BCUT2D eigenvalue weighted by molar-refractivity contribution is 5.90. The number of para-hydroxylation sites is 1. The molecule has 1 atom stereocenters. The smallest absolute Gasteiger partial charge is 0.342 e. The van der Waals surface area contributed by atoms with Crippen molar-refractivity contribution in [2.45, 2.75) is 19.4 Å². The minimum atomic E-state index is -1.10. The van der Waals surface area contributed by atoms with E-state index in [2.05, 4.69) is 5.10 Å². The van der Waals surface area contributed by atoms with E-state index < -0.39 is 12.1 Å². The standard InChI is InChI=1S/C14H16N2O4/c1-10(17)7-8-20-13-12(14(18)19)9-15-16(13)11-5-3-2-4-6-11/h2-6,9-10,17H,7-8H2,1H3,(H,18,19). The number of aliphatic hydroxyl groups excluding tert-OH is 1. The minimum Gasteiger partial charge on any atom is -0.477 e. The summed E-state index contributed by atoms with van der Waals surface area (Å²) in [5, 5.41) is 22.4. The van der Waals surface area contributed by atoms with Crippen molar-refractivity contribution in [3.05, 3.63) is 42.1 Å². The largest absolute Gasteiger partial charge is 0.477 e. The number of carboxylic acid groups (broad SMARTS) is 1. The molecule has 0 radical (unpaired) electrons. The van der Waals surface area contributed by atoms with Gasteiger partial charge in [-0.05, 0) is 19.1 Å². The highest BCUT2D eigenvalue weighted by atomic mass is 16.5. The van der Waals surface area contributed by atoms with Crippen molar-refractivity contribution in [3.8, 4) is 11.6 Å². The number of nitrogens with zero attached hydrogens (tertiary/aromatic N) is 2. The Balaban J connectivity index is 2.30. The molecule has 2 rings (SSSR count). The van der Waals surface area contributed by atoms with Crippen LogP contribution in [-0.4, -0.2) is 38.7 Å². The molecular formula is C14H16N2O4. The summed E-state index contributed by atoms with van der Waals surface area (Å²) in [5.74, 6) is -0.927. The molecule has 1 heterocycles. The molecule has 106 valence electrons. The topological polar surface area (TPSA) is 84.6 Å². The lowest BCUT2D eigenvalue weighted by atomic mass is 10.3. The number of ether oxygens (including phenoxy) is 1. The molecule has 2 aromatic rings. The molecule has 0 spiro atoms. The summed E-state index contributed by atoms with van der Waals surface area (Å²) in [6.45, 7) is 1.87. The normalized spacial score (nSPS) is 12.1. The third-order valence-corrected chi connectivity index (χ3v) is 2.73. The van der Waals surface area contributed by atoms with Gasteiger partial charge in [0.15, 0.2) is 0 Å². The maximum atomic E-state index is 11.2. The Morgan fingerprint density at radius 2 is 2.10 bits per heavy atom. The van der Waals surface area contributed by atoms with E-state index in [0.717, 1.165) is 0 Å². The molecule has 1 unspecified atom stereocenters. The summed E-state index contributed by atoms with van der Waals surface area (Å²) >= 11 is 0. The first-order valence-electron chi connectivity index (χ1n) is 6.27. The van der Waals surface area contributed by atoms with Crippen LogP contribution in [0.4, 0.5) is 0 Å². The zero-order valence-corrected chi connectivity index (χ0v) is 11.1. The van der Waals surface area contributed by atoms with Gasteiger partial charge in [-0.2, -0.15) is 5.10 Å². The summed E-state index contributed by atoms with van der Waals surface area (Å²) in [4.78, 5) is 11.2. The van der Waals surface area contributed by atoms with Crippen LogP contribution < -0.4 is 4.74 Å². The van der Waals surface area contributed by atoms with Crippen LogP contribution in [0.5, 0.6) is 5.88 Å². The summed E-state index contributed by atoms with van der Waals surface area (Å²) < 4.78 is 6.93. The monoisotopic (exact) mass is 276 g/mol. The van der Waals surface area contributed by atoms with E-state index in [4.69, 9.17) is 9.84 Å². The van der Waals surface area contributed by atoms with Crippen molar-refractivity contribution in [1.29, 1.82) is 0 Å². The SMILES string of the molecule is CC(O)CCOc1c(C(=O)O)cnn1-c1ccccc1. The highest BCUT2D eigenvalue weighted by Crippen LogP contribution is 2.23. The van der Waals surface area contributed by atoms with Gasteiger partial charge in [-0.15, -0.1) is 0 Å². The van der Waals surface area contributed by atoms with Crippen LogP contribution in [0.15, 0.2) is 36.5 Å². The fourth-order valence-electron chi connectivity index (χ4n) is 1.70. The molecule has 0 amide bonds. The number of aliphatic hydroxyl groups is 1. The molecule has 0 saturated heterocycles. The van der Waals surface area contributed by atoms with Crippen LogP contribution >= 0.6 is 0 Å². The molecule has 6 heteroatoms. The van der Waals surface area contributed by atoms with Crippen molar-refractivity contribution in [1.82, 2.24) is 9.78 Å². The van der Waals surface area contributed by atoms with Crippen LogP contribution in [0.3, 0.4) is 0 Å². The van der Waals surface area contributed by atoms with Crippen molar-refractivity contribution in [2.24, 2.45) is 0 Å². The Hall–Kier alpha value is -2.34. The molecule has 20 heavy (non-hydrogen) atoms. The van der Waals surface area contributed by atoms with Gasteiger partial charge in [0.05, 0.1) is 24.6 Å². The predicted octanol–water partition coefficient (Wildman–Crippen LogP) is 1.72. The van der Waals surface area contributed by atoms with Gasteiger partial charge in [0.25, 0.3) is 0 Å². The Bertz CT molecular complexity index is 578. The van der Waals surface area contributed by atoms with Gasteiger partial charge in [0.2, 0.25) is 5.88 Å². The lowest BCUT2D eigenvalue weighted by molar-refractivity contribution is 0.0691. The zero-order valence-electron chi connectivity index (χ0n) is 11.1. The zero-order chi connectivity index (χ0) is 14.5.